The van der Waals surface area contributed by atoms with Crippen molar-refractivity contribution in [3.8, 4) is 5.75 Å². The molecule has 4 nitrogen and oxygen atoms in total. The molecule has 0 saturated heterocycles. The van der Waals surface area contributed by atoms with Crippen LogP contribution in [0.15, 0.2) is 41.4 Å². The molecule has 0 amide bonds. The number of ether oxygens (including phenoxy) is 1. The minimum Gasteiger partial charge on any atom is -0.493 e. The Hall–Kier alpha value is -1.97. The lowest BCUT2D eigenvalue weighted by Gasteiger charge is -2.17. The molecule has 1 aromatic carbocycles. The molecule has 1 aliphatic carbocycles. The second kappa shape index (κ2) is 8.47. The zero-order chi connectivity index (χ0) is 15.8. The Bertz CT molecular complexity index is 515. The normalized spacial score (nSPS) is 15.4. The molecule has 0 saturated carbocycles. The van der Waals surface area contributed by atoms with Crippen molar-refractivity contribution in [2.45, 2.75) is 39.3 Å². The van der Waals surface area contributed by atoms with Gasteiger partial charge < -0.3 is 15.4 Å². The molecule has 0 unspecified atom stereocenters. The molecule has 1 aliphatic rings. The van der Waals surface area contributed by atoms with Crippen molar-refractivity contribution < 1.29 is 4.74 Å². The molecule has 0 radical (unpaired) electrons. The average Bonchev–Trinajstić information content (AvgIpc) is 3.03. The third kappa shape index (κ3) is 5.43. The first-order chi connectivity index (χ1) is 10.7. The van der Waals surface area contributed by atoms with E-state index in [1.165, 1.54) is 5.56 Å². The Morgan fingerprint density at radius 2 is 2.09 bits per heavy atom. The Balaban J connectivity index is 1.83. The highest BCUT2D eigenvalue weighted by Gasteiger charge is 2.11. The van der Waals surface area contributed by atoms with Crippen LogP contribution in [0.2, 0.25) is 0 Å². The summed E-state index contributed by atoms with van der Waals surface area (Å²) in [4.78, 5) is 4.28. The number of hydrogen-bond acceptors (Lipinski definition) is 2. The molecular weight excluding hydrogens is 274 g/mol. The number of guanidine groups is 1. The predicted octanol–water partition coefficient (Wildman–Crippen LogP) is 3.11. The summed E-state index contributed by atoms with van der Waals surface area (Å²) < 4.78 is 5.77. The number of rotatable bonds is 6. The van der Waals surface area contributed by atoms with Gasteiger partial charge in [0.25, 0.3) is 0 Å². The number of hydrogen-bond donors (Lipinski definition) is 2. The Kier molecular flexibility index (Phi) is 6.31. The maximum absolute atomic E-state index is 5.77. The van der Waals surface area contributed by atoms with Gasteiger partial charge in [0.15, 0.2) is 5.96 Å². The summed E-state index contributed by atoms with van der Waals surface area (Å²) in [5.74, 6) is 2.31. The summed E-state index contributed by atoms with van der Waals surface area (Å²) in [7, 11) is 1.81. The van der Waals surface area contributed by atoms with E-state index in [1.807, 2.05) is 12.1 Å². The Morgan fingerprint density at radius 1 is 1.32 bits per heavy atom. The van der Waals surface area contributed by atoms with Gasteiger partial charge in [0, 0.05) is 19.6 Å². The van der Waals surface area contributed by atoms with Crippen LogP contribution in [-0.2, 0) is 6.54 Å². The molecule has 0 atom stereocenters. The van der Waals surface area contributed by atoms with E-state index in [0.717, 1.165) is 37.7 Å². The van der Waals surface area contributed by atoms with Gasteiger partial charge in [-0.2, -0.15) is 0 Å². The fraction of sp³-hybridized carbons (Fsp3) is 0.500. The van der Waals surface area contributed by atoms with Crippen LogP contribution in [0.3, 0.4) is 0 Å². The summed E-state index contributed by atoms with van der Waals surface area (Å²) in [6.07, 6.45) is 6.55. The van der Waals surface area contributed by atoms with Crippen molar-refractivity contribution in [2.75, 3.05) is 13.7 Å². The van der Waals surface area contributed by atoms with Gasteiger partial charge >= 0.3 is 0 Å². The molecular formula is C18H27N3O. The van der Waals surface area contributed by atoms with Gasteiger partial charge in [-0.15, -0.1) is 0 Å². The third-order valence-corrected chi connectivity index (χ3v) is 3.51. The highest BCUT2D eigenvalue weighted by atomic mass is 16.5. The summed E-state index contributed by atoms with van der Waals surface area (Å²) in [5, 5.41) is 6.80. The summed E-state index contributed by atoms with van der Waals surface area (Å²) >= 11 is 0. The smallest absolute Gasteiger partial charge is 0.191 e. The molecule has 0 spiro atoms. The highest BCUT2D eigenvalue weighted by Crippen LogP contribution is 2.14. The number of aliphatic imine (C=N–C) groups is 1. The van der Waals surface area contributed by atoms with Crippen molar-refractivity contribution in [3.05, 3.63) is 42.0 Å². The van der Waals surface area contributed by atoms with E-state index in [4.69, 9.17) is 4.74 Å². The van der Waals surface area contributed by atoms with Crippen LogP contribution in [-0.4, -0.2) is 25.7 Å². The minimum absolute atomic E-state index is 0.465. The molecule has 0 fully saturated rings. The quantitative estimate of drug-likeness (QED) is 0.482. The lowest BCUT2D eigenvalue weighted by Crippen LogP contribution is -2.42. The minimum atomic E-state index is 0.465. The van der Waals surface area contributed by atoms with Crippen molar-refractivity contribution in [1.29, 1.82) is 0 Å². The second-order valence-electron chi connectivity index (χ2n) is 6.06. The first-order valence-electron chi connectivity index (χ1n) is 8.01. The van der Waals surface area contributed by atoms with Crippen molar-refractivity contribution in [2.24, 2.45) is 10.9 Å². The third-order valence-electron chi connectivity index (χ3n) is 3.51. The van der Waals surface area contributed by atoms with Crippen LogP contribution in [0, 0.1) is 5.92 Å². The van der Waals surface area contributed by atoms with E-state index in [9.17, 15) is 0 Å². The zero-order valence-electron chi connectivity index (χ0n) is 13.8. The molecule has 0 aliphatic heterocycles. The van der Waals surface area contributed by atoms with Crippen LogP contribution in [0.4, 0.5) is 0 Å². The zero-order valence-corrected chi connectivity index (χ0v) is 13.8. The molecule has 2 N–H and O–H groups in total. The average molecular weight is 301 g/mol. The van der Waals surface area contributed by atoms with E-state index in [-0.39, 0.29) is 0 Å². The molecule has 2 rings (SSSR count). The molecule has 22 heavy (non-hydrogen) atoms. The van der Waals surface area contributed by atoms with Crippen molar-refractivity contribution in [1.82, 2.24) is 10.6 Å². The van der Waals surface area contributed by atoms with E-state index in [2.05, 4.69) is 53.8 Å². The standard InChI is InChI=1S/C18H27N3O/c1-14(2)13-22-17-10-6-7-15(11-17)12-20-18(19-3)21-16-8-4-5-9-16/h4-7,10-11,14,16H,8-9,12-13H2,1-3H3,(H2,19,20,21). The molecule has 4 heteroatoms. The topological polar surface area (TPSA) is 45.7 Å². The predicted molar refractivity (Wildman–Crippen MR) is 92.3 cm³/mol. The van der Waals surface area contributed by atoms with E-state index < -0.39 is 0 Å². The van der Waals surface area contributed by atoms with Crippen LogP contribution in [0.5, 0.6) is 5.75 Å². The summed E-state index contributed by atoms with van der Waals surface area (Å²) in [6.45, 7) is 5.78. The van der Waals surface area contributed by atoms with Gasteiger partial charge in [0.1, 0.15) is 5.75 Å². The molecule has 120 valence electrons. The maximum Gasteiger partial charge on any atom is 0.191 e. The van der Waals surface area contributed by atoms with Crippen LogP contribution in [0.1, 0.15) is 32.3 Å². The number of benzene rings is 1. The van der Waals surface area contributed by atoms with Crippen LogP contribution >= 0.6 is 0 Å². The van der Waals surface area contributed by atoms with Crippen LogP contribution in [0.25, 0.3) is 0 Å². The van der Waals surface area contributed by atoms with Gasteiger partial charge in [-0.3, -0.25) is 4.99 Å². The van der Waals surface area contributed by atoms with E-state index >= 15 is 0 Å². The van der Waals surface area contributed by atoms with Crippen molar-refractivity contribution in [3.63, 3.8) is 0 Å². The van der Waals surface area contributed by atoms with E-state index in [1.54, 1.807) is 7.05 Å². The first kappa shape index (κ1) is 16.4. The fourth-order valence-corrected chi connectivity index (χ4v) is 2.32. The van der Waals surface area contributed by atoms with Gasteiger partial charge in [-0.1, -0.05) is 38.1 Å². The molecule has 0 aromatic heterocycles. The van der Waals surface area contributed by atoms with Gasteiger partial charge in [-0.25, -0.2) is 0 Å². The fourth-order valence-electron chi connectivity index (χ4n) is 2.32. The Labute approximate surface area is 133 Å². The second-order valence-corrected chi connectivity index (χ2v) is 6.06. The molecule has 0 bridgehead atoms. The SMILES string of the molecule is CN=C(NCc1cccc(OCC(C)C)c1)NC1CC=CC1. The molecule has 0 heterocycles. The first-order valence-corrected chi connectivity index (χ1v) is 8.01. The van der Waals surface area contributed by atoms with Gasteiger partial charge in [0.2, 0.25) is 0 Å². The maximum atomic E-state index is 5.77. The molecule has 1 aromatic rings. The summed E-state index contributed by atoms with van der Waals surface area (Å²) in [6, 6.07) is 8.68. The van der Waals surface area contributed by atoms with Crippen LogP contribution < -0.4 is 15.4 Å². The lowest BCUT2D eigenvalue weighted by atomic mass is 10.2. The van der Waals surface area contributed by atoms with Gasteiger partial charge in [-0.05, 0) is 36.5 Å². The largest absolute Gasteiger partial charge is 0.493 e. The summed E-state index contributed by atoms with van der Waals surface area (Å²) in [5.41, 5.74) is 1.19. The lowest BCUT2D eigenvalue weighted by molar-refractivity contribution is 0.271. The number of nitrogens with one attached hydrogen (secondary N) is 2. The highest BCUT2D eigenvalue weighted by molar-refractivity contribution is 5.80. The van der Waals surface area contributed by atoms with Crippen molar-refractivity contribution >= 4 is 5.96 Å². The van der Waals surface area contributed by atoms with E-state index in [0.29, 0.717) is 12.0 Å². The van der Waals surface area contributed by atoms with Gasteiger partial charge in [0.05, 0.1) is 6.61 Å². The Morgan fingerprint density at radius 3 is 2.77 bits per heavy atom. The monoisotopic (exact) mass is 301 g/mol. The number of nitrogens with zero attached hydrogens (tertiary/aromatic N) is 1.